The van der Waals surface area contributed by atoms with E-state index in [0.717, 1.165) is 50.7 Å². The van der Waals surface area contributed by atoms with Crippen molar-refractivity contribution in [2.24, 2.45) is 5.41 Å². The molecule has 4 heteroatoms. The van der Waals surface area contributed by atoms with Crippen LogP contribution < -0.4 is 5.32 Å². The second-order valence-electron chi connectivity index (χ2n) is 7.17. The number of hydrogen-bond acceptors (Lipinski definition) is 4. The lowest BCUT2D eigenvalue weighted by Crippen LogP contribution is -2.45. The van der Waals surface area contributed by atoms with Crippen LogP contribution in [0.25, 0.3) is 0 Å². The summed E-state index contributed by atoms with van der Waals surface area (Å²) < 4.78 is 11.3. The lowest BCUT2D eigenvalue weighted by Gasteiger charge is -2.34. The smallest absolute Gasteiger partial charge is 0.117 e. The van der Waals surface area contributed by atoms with Crippen LogP contribution in [0.3, 0.4) is 0 Å². The van der Waals surface area contributed by atoms with E-state index in [0.29, 0.717) is 5.41 Å². The monoisotopic (exact) mass is 290 g/mol. The summed E-state index contributed by atoms with van der Waals surface area (Å²) in [5.74, 6) is 1.09. The first-order chi connectivity index (χ1) is 10.3. The predicted octanol–water partition coefficient (Wildman–Crippen LogP) is 2.40. The molecule has 4 rings (SSSR count). The fourth-order valence-electron chi connectivity index (χ4n) is 3.41. The topological polar surface area (TPSA) is 37.6 Å². The molecule has 2 heterocycles. The van der Waals surface area contributed by atoms with Crippen molar-refractivity contribution < 1.29 is 9.15 Å². The van der Waals surface area contributed by atoms with Crippen LogP contribution in [0.15, 0.2) is 22.8 Å². The summed E-state index contributed by atoms with van der Waals surface area (Å²) in [6, 6.07) is 5.62. The van der Waals surface area contributed by atoms with Crippen LogP contribution in [0.4, 0.5) is 0 Å². The fraction of sp³-hybridized carbons (Fsp3) is 0.765. The zero-order chi connectivity index (χ0) is 14.1. The Balaban J connectivity index is 1.41. The molecule has 116 valence electrons. The van der Waals surface area contributed by atoms with Crippen LogP contribution >= 0.6 is 0 Å². The zero-order valence-corrected chi connectivity index (χ0v) is 12.7. The Morgan fingerprint density at radius 1 is 1.29 bits per heavy atom. The van der Waals surface area contributed by atoms with Gasteiger partial charge in [0, 0.05) is 37.2 Å². The van der Waals surface area contributed by atoms with Gasteiger partial charge in [-0.15, -0.1) is 0 Å². The van der Waals surface area contributed by atoms with E-state index < -0.39 is 0 Å². The molecule has 2 saturated carbocycles. The van der Waals surface area contributed by atoms with Crippen molar-refractivity contribution in [2.45, 2.75) is 50.7 Å². The molecule has 3 fully saturated rings. The number of rotatable bonds is 8. The molecule has 0 amide bonds. The third-order valence-corrected chi connectivity index (χ3v) is 5.07. The highest BCUT2D eigenvalue weighted by Gasteiger charge is 2.41. The van der Waals surface area contributed by atoms with Gasteiger partial charge in [-0.25, -0.2) is 0 Å². The summed E-state index contributed by atoms with van der Waals surface area (Å²) in [6.45, 7) is 5.03. The SMILES string of the molecule is c1coc(CN(CC2(CNC3CC3)CCOC2)C2CC2)c1. The molecule has 1 aromatic rings. The van der Waals surface area contributed by atoms with Gasteiger partial charge in [-0.2, -0.15) is 0 Å². The average molecular weight is 290 g/mol. The second kappa shape index (κ2) is 5.75. The van der Waals surface area contributed by atoms with Gasteiger partial charge < -0.3 is 14.5 Å². The summed E-state index contributed by atoms with van der Waals surface area (Å²) in [5.41, 5.74) is 0.303. The van der Waals surface area contributed by atoms with Crippen molar-refractivity contribution in [3.63, 3.8) is 0 Å². The number of nitrogens with one attached hydrogen (secondary N) is 1. The molecule has 1 unspecified atom stereocenters. The fourth-order valence-corrected chi connectivity index (χ4v) is 3.41. The molecule has 4 nitrogen and oxygen atoms in total. The third-order valence-electron chi connectivity index (χ3n) is 5.07. The minimum Gasteiger partial charge on any atom is -0.468 e. The highest BCUT2D eigenvalue weighted by molar-refractivity contribution is 5.02. The standard InChI is InChI=1S/C17H26N2O2/c1-2-16(21-8-1)10-19(15-5-6-15)12-17(7-9-20-13-17)11-18-14-3-4-14/h1-2,8,14-15,18H,3-7,9-13H2. The number of nitrogens with zero attached hydrogens (tertiary/aromatic N) is 1. The van der Waals surface area contributed by atoms with E-state index in [1.165, 1.54) is 32.1 Å². The van der Waals surface area contributed by atoms with Crippen molar-refractivity contribution >= 4 is 0 Å². The Morgan fingerprint density at radius 2 is 2.19 bits per heavy atom. The van der Waals surface area contributed by atoms with Crippen molar-refractivity contribution in [1.82, 2.24) is 10.2 Å². The van der Waals surface area contributed by atoms with Crippen LogP contribution in [0, 0.1) is 5.41 Å². The van der Waals surface area contributed by atoms with Gasteiger partial charge in [0.2, 0.25) is 0 Å². The minimum atomic E-state index is 0.303. The predicted molar refractivity (Wildman–Crippen MR) is 81.0 cm³/mol. The van der Waals surface area contributed by atoms with Gasteiger partial charge in [0.1, 0.15) is 5.76 Å². The number of hydrogen-bond donors (Lipinski definition) is 1. The van der Waals surface area contributed by atoms with Crippen LogP contribution in [-0.2, 0) is 11.3 Å². The Kier molecular flexibility index (Phi) is 3.78. The molecular formula is C17H26N2O2. The molecule has 0 bridgehead atoms. The Hall–Kier alpha value is -0.840. The first-order valence-corrected chi connectivity index (χ1v) is 8.41. The molecule has 0 spiro atoms. The molecule has 1 saturated heterocycles. The molecule has 21 heavy (non-hydrogen) atoms. The summed E-state index contributed by atoms with van der Waals surface area (Å²) in [4.78, 5) is 2.63. The zero-order valence-electron chi connectivity index (χ0n) is 12.7. The van der Waals surface area contributed by atoms with Gasteiger partial charge in [0.15, 0.2) is 0 Å². The lowest BCUT2D eigenvalue weighted by molar-refractivity contribution is 0.0964. The first kappa shape index (κ1) is 13.8. The van der Waals surface area contributed by atoms with Gasteiger partial charge in [0.25, 0.3) is 0 Å². The third kappa shape index (κ3) is 3.50. The molecule has 3 aliphatic rings. The van der Waals surface area contributed by atoms with Crippen LogP contribution in [0.2, 0.25) is 0 Å². The summed E-state index contributed by atoms with van der Waals surface area (Å²) in [5, 5.41) is 3.73. The van der Waals surface area contributed by atoms with Gasteiger partial charge in [-0.3, -0.25) is 4.90 Å². The summed E-state index contributed by atoms with van der Waals surface area (Å²) in [7, 11) is 0. The van der Waals surface area contributed by atoms with E-state index in [4.69, 9.17) is 9.15 Å². The second-order valence-corrected chi connectivity index (χ2v) is 7.17. The maximum absolute atomic E-state index is 5.76. The molecule has 0 radical (unpaired) electrons. The molecule has 1 aromatic heterocycles. The average Bonchev–Trinajstić information content (AvgIpc) is 3.41. The first-order valence-electron chi connectivity index (χ1n) is 8.41. The van der Waals surface area contributed by atoms with E-state index in [2.05, 4.69) is 16.3 Å². The van der Waals surface area contributed by atoms with Crippen LogP contribution in [0.1, 0.15) is 37.9 Å². The van der Waals surface area contributed by atoms with Crippen molar-refractivity contribution in [3.8, 4) is 0 Å². The van der Waals surface area contributed by atoms with Crippen LogP contribution in [-0.4, -0.2) is 43.3 Å². The van der Waals surface area contributed by atoms with Crippen molar-refractivity contribution in [2.75, 3.05) is 26.3 Å². The molecular weight excluding hydrogens is 264 g/mol. The van der Waals surface area contributed by atoms with E-state index in [1.807, 2.05) is 6.07 Å². The normalized spacial score (nSPS) is 29.4. The van der Waals surface area contributed by atoms with E-state index >= 15 is 0 Å². The Labute approximate surface area is 126 Å². The molecule has 0 aromatic carbocycles. The van der Waals surface area contributed by atoms with E-state index in [9.17, 15) is 0 Å². The lowest BCUT2D eigenvalue weighted by atomic mass is 9.86. The van der Waals surface area contributed by atoms with Gasteiger partial charge in [0.05, 0.1) is 19.4 Å². The molecule has 2 aliphatic carbocycles. The summed E-state index contributed by atoms with van der Waals surface area (Å²) in [6.07, 6.45) is 8.37. The highest BCUT2D eigenvalue weighted by Crippen LogP contribution is 2.36. The molecule has 1 N–H and O–H groups in total. The van der Waals surface area contributed by atoms with Gasteiger partial charge >= 0.3 is 0 Å². The Bertz CT molecular complexity index is 445. The number of furan rings is 1. The quantitative estimate of drug-likeness (QED) is 0.798. The molecule has 1 atom stereocenters. The van der Waals surface area contributed by atoms with E-state index in [1.54, 1.807) is 6.26 Å². The van der Waals surface area contributed by atoms with Crippen molar-refractivity contribution in [1.29, 1.82) is 0 Å². The maximum Gasteiger partial charge on any atom is 0.117 e. The van der Waals surface area contributed by atoms with Gasteiger partial charge in [-0.05, 0) is 44.2 Å². The summed E-state index contributed by atoms with van der Waals surface area (Å²) >= 11 is 0. The van der Waals surface area contributed by atoms with Gasteiger partial charge in [-0.1, -0.05) is 0 Å². The number of ether oxygens (including phenoxy) is 1. The van der Waals surface area contributed by atoms with Crippen molar-refractivity contribution in [3.05, 3.63) is 24.2 Å². The Morgan fingerprint density at radius 3 is 2.81 bits per heavy atom. The minimum absolute atomic E-state index is 0.303. The molecule has 1 aliphatic heterocycles. The maximum atomic E-state index is 5.76. The highest BCUT2D eigenvalue weighted by atomic mass is 16.5. The van der Waals surface area contributed by atoms with E-state index in [-0.39, 0.29) is 0 Å². The van der Waals surface area contributed by atoms with Crippen LogP contribution in [0.5, 0.6) is 0 Å². The largest absolute Gasteiger partial charge is 0.468 e.